The van der Waals surface area contributed by atoms with Crippen LogP contribution in [0.4, 0.5) is 23.0 Å². The summed E-state index contributed by atoms with van der Waals surface area (Å²) in [5, 5.41) is 8.62. The number of aryl methyl sites for hydroxylation is 1. The van der Waals surface area contributed by atoms with E-state index in [9.17, 15) is 4.79 Å². The highest BCUT2D eigenvalue weighted by Gasteiger charge is 2.26. The van der Waals surface area contributed by atoms with Crippen molar-refractivity contribution in [1.29, 1.82) is 0 Å². The fraction of sp³-hybridized carbons (Fsp3) is 0.281. The Morgan fingerprint density at radius 3 is 2.38 bits per heavy atom. The van der Waals surface area contributed by atoms with Crippen LogP contribution in [0.25, 0.3) is 22.0 Å². The molecule has 0 saturated heterocycles. The van der Waals surface area contributed by atoms with Gasteiger partial charge in [0.15, 0.2) is 0 Å². The average molecular weight is 609 g/mol. The molecular weight excluding hydrogens is 573 g/mol. The van der Waals surface area contributed by atoms with Crippen LogP contribution in [-0.4, -0.2) is 44.2 Å². The number of halogens is 2. The Labute approximate surface area is 256 Å². The Morgan fingerprint density at radius 2 is 1.79 bits per heavy atom. The van der Waals surface area contributed by atoms with Crippen LogP contribution >= 0.6 is 23.2 Å². The van der Waals surface area contributed by atoms with Crippen molar-refractivity contribution in [2.45, 2.75) is 26.7 Å². The Bertz CT molecular complexity index is 1580. The number of carbonyl (C=O) groups is 1. The monoisotopic (exact) mass is 607 g/mol. The predicted octanol–water partition coefficient (Wildman–Crippen LogP) is 8.28. The standard InChI is InChI=1S/C29H29Cl2N5O3.C3H6/c1-16-6-5-7-20(33-15-37)28(16)35-24-11-19-18(13-32-24)10-21(34-29(19)36(2)14-17-8-9-17)25-26(30)22(38-3)12-23(39-4)27(25)31;1-3-2/h5-7,10-13,15,17H,8-9,14H2,1-4H3,(H,32,35)(H,33,37);3H,1H2,2H3. The number of hydrogen-bond donors (Lipinski definition) is 2. The van der Waals surface area contributed by atoms with E-state index < -0.39 is 0 Å². The fourth-order valence-electron chi connectivity index (χ4n) is 4.65. The normalized spacial score (nSPS) is 12.2. The number of aromatic nitrogens is 2. The van der Waals surface area contributed by atoms with Gasteiger partial charge in [-0.15, -0.1) is 6.58 Å². The highest BCUT2D eigenvalue weighted by Crippen LogP contribution is 2.47. The van der Waals surface area contributed by atoms with Crippen LogP contribution in [0.1, 0.15) is 25.3 Å². The molecule has 0 aliphatic heterocycles. The largest absolute Gasteiger partial charge is 0.495 e. The third kappa shape index (κ3) is 6.72. The minimum atomic E-state index is 0.354. The van der Waals surface area contributed by atoms with Crippen LogP contribution in [0.5, 0.6) is 11.5 Å². The van der Waals surface area contributed by atoms with Gasteiger partial charge >= 0.3 is 0 Å². The second kappa shape index (κ2) is 13.8. The van der Waals surface area contributed by atoms with Crippen molar-refractivity contribution in [2.24, 2.45) is 5.92 Å². The van der Waals surface area contributed by atoms with Gasteiger partial charge in [0.1, 0.15) is 23.1 Å². The molecule has 4 aromatic rings. The van der Waals surface area contributed by atoms with E-state index in [0.29, 0.717) is 56.6 Å². The van der Waals surface area contributed by atoms with E-state index >= 15 is 0 Å². The first-order chi connectivity index (χ1) is 20.3. The number of benzene rings is 2. The quantitative estimate of drug-likeness (QED) is 0.138. The van der Waals surface area contributed by atoms with Crippen LogP contribution in [0, 0.1) is 12.8 Å². The highest BCUT2D eigenvalue weighted by molar-refractivity contribution is 6.41. The molecule has 0 unspecified atom stereocenters. The molecule has 220 valence electrons. The topological polar surface area (TPSA) is 88.6 Å². The number of ether oxygens (including phenoxy) is 2. The number of allylic oxidation sites excluding steroid dienone is 1. The second-order valence-electron chi connectivity index (χ2n) is 10.0. The van der Waals surface area contributed by atoms with E-state index in [1.165, 1.54) is 12.8 Å². The lowest BCUT2D eigenvalue weighted by Gasteiger charge is -2.22. The average Bonchev–Trinajstić information content (AvgIpc) is 3.79. The van der Waals surface area contributed by atoms with Gasteiger partial charge in [-0.05, 0) is 56.4 Å². The summed E-state index contributed by atoms with van der Waals surface area (Å²) in [5.74, 6) is 2.94. The summed E-state index contributed by atoms with van der Waals surface area (Å²) in [5.41, 5.74) is 3.54. The van der Waals surface area contributed by atoms with Crippen molar-refractivity contribution in [3.8, 4) is 22.8 Å². The van der Waals surface area contributed by atoms with Crippen molar-refractivity contribution in [3.63, 3.8) is 0 Å². The van der Waals surface area contributed by atoms with Gasteiger partial charge in [-0.2, -0.15) is 0 Å². The maximum Gasteiger partial charge on any atom is 0.211 e. The number of nitrogens with zero attached hydrogens (tertiary/aromatic N) is 3. The molecule has 10 heteroatoms. The number of amides is 1. The lowest BCUT2D eigenvalue weighted by atomic mass is 10.1. The summed E-state index contributed by atoms with van der Waals surface area (Å²) in [6.45, 7) is 8.10. The lowest BCUT2D eigenvalue weighted by molar-refractivity contribution is -0.105. The van der Waals surface area contributed by atoms with Gasteiger partial charge < -0.3 is 25.0 Å². The minimum Gasteiger partial charge on any atom is -0.495 e. The van der Waals surface area contributed by atoms with Crippen molar-refractivity contribution in [2.75, 3.05) is 43.3 Å². The molecule has 0 spiro atoms. The lowest BCUT2D eigenvalue weighted by Crippen LogP contribution is -2.21. The van der Waals surface area contributed by atoms with E-state index in [4.69, 9.17) is 37.7 Å². The number of pyridine rings is 2. The number of fused-ring (bicyclic) bond motifs is 1. The molecule has 5 rings (SSSR count). The van der Waals surface area contributed by atoms with E-state index in [1.807, 2.05) is 51.2 Å². The number of para-hydroxylation sites is 1. The summed E-state index contributed by atoms with van der Waals surface area (Å²) in [4.78, 5) is 23.1. The molecule has 0 bridgehead atoms. The molecule has 2 heterocycles. The second-order valence-corrected chi connectivity index (χ2v) is 10.8. The number of rotatable bonds is 10. The molecule has 8 nitrogen and oxygen atoms in total. The summed E-state index contributed by atoms with van der Waals surface area (Å²) in [6.07, 6.45) is 6.62. The van der Waals surface area contributed by atoms with Crippen LogP contribution in [0.2, 0.25) is 10.0 Å². The maximum atomic E-state index is 11.2. The zero-order valence-electron chi connectivity index (χ0n) is 24.4. The molecular formula is C32H35Cl2N5O3. The number of hydrogen-bond acceptors (Lipinski definition) is 7. The van der Waals surface area contributed by atoms with Gasteiger partial charge in [-0.25, -0.2) is 9.97 Å². The molecule has 1 saturated carbocycles. The van der Waals surface area contributed by atoms with E-state index in [-0.39, 0.29) is 0 Å². The molecule has 42 heavy (non-hydrogen) atoms. The van der Waals surface area contributed by atoms with Gasteiger partial charge in [-0.1, -0.05) is 41.4 Å². The zero-order valence-corrected chi connectivity index (χ0v) is 25.9. The van der Waals surface area contributed by atoms with Gasteiger partial charge in [0.2, 0.25) is 6.41 Å². The number of carbonyl (C=O) groups excluding carboxylic acids is 1. The van der Waals surface area contributed by atoms with Crippen molar-refractivity contribution >= 4 is 63.4 Å². The van der Waals surface area contributed by atoms with Crippen molar-refractivity contribution in [1.82, 2.24) is 9.97 Å². The molecule has 2 aromatic carbocycles. The molecule has 2 aromatic heterocycles. The first-order valence-electron chi connectivity index (χ1n) is 13.5. The smallest absolute Gasteiger partial charge is 0.211 e. The molecule has 1 amide bonds. The third-order valence-electron chi connectivity index (χ3n) is 6.85. The third-order valence-corrected chi connectivity index (χ3v) is 7.61. The first kappa shape index (κ1) is 30.9. The first-order valence-corrected chi connectivity index (χ1v) is 14.3. The fourth-order valence-corrected chi connectivity index (χ4v) is 5.34. The van der Waals surface area contributed by atoms with Crippen LogP contribution in [-0.2, 0) is 4.79 Å². The Kier molecular flexibility index (Phi) is 10.1. The molecule has 0 atom stereocenters. The highest BCUT2D eigenvalue weighted by atomic mass is 35.5. The SMILES string of the molecule is C=CC.COc1cc(OC)c(Cl)c(-c2cc3cnc(Nc4c(C)cccc4NC=O)cc3c(N(C)CC3CC3)n2)c1Cl. The molecule has 1 aliphatic rings. The summed E-state index contributed by atoms with van der Waals surface area (Å²) < 4.78 is 11.0. The minimum absolute atomic E-state index is 0.354. The Hall–Kier alpha value is -4.01. The Morgan fingerprint density at radius 1 is 1.12 bits per heavy atom. The summed E-state index contributed by atoms with van der Waals surface area (Å²) >= 11 is 13.5. The zero-order chi connectivity index (χ0) is 30.4. The number of nitrogens with one attached hydrogen (secondary N) is 2. The van der Waals surface area contributed by atoms with Crippen LogP contribution in [0.3, 0.4) is 0 Å². The van der Waals surface area contributed by atoms with Crippen molar-refractivity contribution in [3.05, 3.63) is 70.9 Å². The van der Waals surface area contributed by atoms with E-state index in [1.54, 1.807) is 32.6 Å². The van der Waals surface area contributed by atoms with Crippen LogP contribution < -0.4 is 25.0 Å². The van der Waals surface area contributed by atoms with Crippen molar-refractivity contribution < 1.29 is 14.3 Å². The summed E-state index contributed by atoms with van der Waals surface area (Å²) in [7, 11) is 5.13. The van der Waals surface area contributed by atoms with Gasteiger partial charge in [0.05, 0.1) is 41.3 Å². The Balaban J connectivity index is 0.00000129. The van der Waals surface area contributed by atoms with Gasteiger partial charge in [0.25, 0.3) is 0 Å². The number of anilines is 4. The van der Waals surface area contributed by atoms with Gasteiger partial charge in [-0.3, -0.25) is 4.79 Å². The molecule has 1 aliphatic carbocycles. The molecule has 2 N–H and O–H groups in total. The van der Waals surface area contributed by atoms with E-state index in [0.717, 1.165) is 34.4 Å². The predicted molar refractivity (Wildman–Crippen MR) is 174 cm³/mol. The number of methoxy groups -OCH3 is 2. The van der Waals surface area contributed by atoms with Crippen LogP contribution in [0.15, 0.2) is 55.3 Å². The van der Waals surface area contributed by atoms with Gasteiger partial charge in [0, 0.05) is 42.2 Å². The summed E-state index contributed by atoms with van der Waals surface area (Å²) in [6, 6.07) is 11.2. The maximum absolute atomic E-state index is 11.2. The molecule has 0 radical (unpaired) electrons. The van der Waals surface area contributed by atoms with E-state index in [2.05, 4.69) is 27.1 Å². The molecule has 1 fully saturated rings.